The number of carbonyl (C=O) groups is 2. The molecule has 1 amide bonds. The van der Waals surface area contributed by atoms with Gasteiger partial charge < -0.3 is 14.8 Å². The van der Waals surface area contributed by atoms with Crippen LogP contribution in [-0.2, 0) is 9.53 Å². The van der Waals surface area contributed by atoms with Gasteiger partial charge in [0.15, 0.2) is 6.61 Å². The number of hydrogen-bond donors (Lipinski definition) is 1. The van der Waals surface area contributed by atoms with Crippen molar-refractivity contribution in [1.82, 2.24) is 0 Å². The van der Waals surface area contributed by atoms with Gasteiger partial charge in [-0.25, -0.2) is 4.79 Å². The van der Waals surface area contributed by atoms with Crippen molar-refractivity contribution in [3.05, 3.63) is 58.1 Å². The summed E-state index contributed by atoms with van der Waals surface area (Å²) >= 11 is 3.33. The second kappa shape index (κ2) is 7.78. The number of methoxy groups -OCH3 is 1. The number of amides is 1. The summed E-state index contributed by atoms with van der Waals surface area (Å²) in [5, 5.41) is 2.66. The molecule has 0 spiro atoms. The summed E-state index contributed by atoms with van der Waals surface area (Å²) in [5.41, 5.74) is 1.80. The fourth-order valence-electron chi connectivity index (χ4n) is 1.94. The van der Waals surface area contributed by atoms with Crippen LogP contribution in [0.25, 0.3) is 0 Å². The minimum absolute atomic E-state index is 0.293. The van der Waals surface area contributed by atoms with Gasteiger partial charge in [0, 0.05) is 4.47 Å². The normalized spacial score (nSPS) is 10.0. The smallest absolute Gasteiger partial charge is 0.342 e. The van der Waals surface area contributed by atoms with Crippen molar-refractivity contribution >= 4 is 33.5 Å². The molecule has 0 aromatic heterocycles. The Bertz CT molecular complexity index is 730. The van der Waals surface area contributed by atoms with Crippen LogP contribution in [0.2, 0.25) is 0 Å². The van der Waals surface area contributed by atoms with E-state index in [0.717, 1.165) is 10.0 Å². The molecular formula is C17H16BrNO4. The Morgan fingerprint density at radius 3 is 2.61 bits per heavy atom. The summed E-state index contributed by atoms with van der Waals surface area (Å²) in [7, 11) is 1.47. The van der Waals surface area contributed by atoms with Crippen molar-refractivity contribution in [2.75, 3.05) is 19.0 Å². The first-order chi connectivity index (χ1) is 11.0. The van der Waals surface area contributed by atoms with Gasteiger partial charge in [-0.1, -0.05) is 23.8 Å². The number of ether oxygens (including phenoxy) is 2. The van der Waals surface area contributed by atoms with Gasteiger partial charge in [0.05, 0.1) is 12.8 Å². The third kappa shape index (κ3) is 4.56. The molecule has 2 aromatic rings. The zero-order chi connectivity index (χ0) is 16.8. The molecule has 0 bridgehead atoms. The Kier molecular flexibility index (Phi) is 5.76. The lowest BCUT2D eigenvalue weighted by molar-refractivity contribution is -0.119. The highest BCUT2D eigenvalue weighted by Gasteiger charge is 2.16. The molecule has 5 nitrogen and oxygen atoms in total. The summed E-state index contributed by atoms with van der Waals surface area (Å²) in [5.74, 6) is -0.614. The average Bonchev–Trinajstić information content (AvgIpc) is 2.54. The lowest BCUT2D eigenvalue weighted by Gasteiger charge is -2.10. The highest BCUT2D eigenvalue weighted by Crippen LogP contribution is 2.22. The predicted molar refractivity (Wildman–Crippen MR) is 90.8 cm³/mol. The molecule has 1 N–H and O–H groups in total. The van der Waals surface area contributed by atoms with E-state index >= 15 is 0 Å². The van der Waals surface area contributed by atoms with Gasteiger partial charge in [0.2, 0.25) is 0 Å². The number of rotatable bonds is 5. The number of hydrogen-bond acceptors (Lipinski definition) is 4. The highest BCUT2D eigenvalue weighted by molar-refractivity contribution is 9.10. The Hall–Kier alpha value is -2.34. The summed E-state index contributed by atoms with van der Waals surface area (Å²) in [4.78, 5) is 24.0. The van der Waals surface area contributed by atoms with Crippen LogP contribution in [0, 0.1) is 6.92 Å². The number of esters is 1. The van der Waals surface area contributed by atoms with Gasteiger partial charge in [0.1, 0.15) is 11.3 Å². The summed E-state index contributed by atoms with van der Waals surface area (Å²) in [6.45, 7) is 1.48. The van der Waals surface area contributed by atoms with Crippen molar-refractivity contribution in [3.63, 3.8) is 0 Å². The molecule has 0 atom stereocenters. The minimum Gasteiger partial charge on any atom is -0.496 e. The predicted octanol–water partition coefficient (Wildman–Crippen LogP) is 3.56. The molecule has 0 unspecified atom stereocenters. The number of halogens is 1. The molecule has 120 valence electrons. The maximum Gasteiger partial charge on any atom is 0.342 e. The summed E-state index contributed by atoms with van der Waals surface area (Å²) in [6, 6.07) is 12.4. The van der Waals surface area contributed by atoms with Gasteiger partial charge in [-0.05, 0) is 47.1 Å². The van der Waals surface area contributed by atoms with Gasteiger partial charge in [0.25, 0.3) is 5.91 Å². The molecule has 0 radical (unpaired) electrons. The topological polar surface area (TPSA) is 64.6 Å². The number of carbonyl (C=O) groups excluding carboxylic acids is 2. The lowest BCUT2D eigenvalue weighted by Crippen LogP contribution is -2.21. The van der Waals surface area contributed by atoms with Crippen molar-refractivity contribution in [1.29, 1.82) is 0 Å². The molecular weight excluding hydrogens is 362 g/mol. The molecule has 0 heterocycles. The number of aryl methyl sites for hydroxylation is 1. The first-order valence-electron chi connectivity index (χ1n) is 6.87. The van der Waals surface area contributed by atoms with Crippen molar-refractivity contribution in [2.45, 2.75) is 6.92 Å². The van der Waals surface area contributed by atoms with Gasteiger partial charge in [-0.15, -0.1) is 0 Å². The average molecular weight is 378 g/mol. The van der Waals surface area contributed by atoms with E-state index in [4.69, 9.17) is 9.47 Å². The standard InChI is InChI=1S/C17H16BrNO4/c1-11-7-8-15(22-2)12(9-11)17(21)23-10-16(20)19-14-6-4-3-5-13(14)18/h3-9H,10H2,1-2H3,(H,19,20). The Morgan fingerprint density at radius 1 is 1.17 bits per heavy atom. The van der Waals surface area contributed by atoms with Crippen molar-refractivity contribution in [3.8, 4) is 5.75 Å². The lowest BCUT2D eigenvalue weighted by atomic mass is 10.1. The van der Waals surface area contributed by atoms with E-state index < -0.39 is 11.9 Å². The minimum atomic E-state index is -0.604. The van der Waals surface area contributed by atoms with E-state index in [1.165, 1.54) is 7.11 Å². The fourth-order valence-corrected chi connectivity index (χ4v) is 2.32. The molecule has 2 rings (SSSR count). The molecule has 23 heavy (non-hydrogen) atoms. The van der Waals surface area contributed by atoms with Gasteiger partial charge in [-0.3, -0.25) is 4.79 Å². The molecule has 0 saturated carbocycles. The molecule has 0 aliphatic carbocycles. The van der Waals surface area contributed by atoms with Crippen LogP contribution in [0.4, 0.5) is 5.69 Å². The second-order valence-electron chi connectivity index (χ2n) is 4.81. The quantitative estimate of drug-likeness (QED) is 0.809. The maximum atomic E-state index is 12.1. The van der Waals surface area contributed by atoms with E-state index in [1.54, 1.807) is 30.3 Å². The SMILES string of the molecule is COc1ccc(C)cc1C(=O)OCC(=O)Nc1ccccc1Br. The first-order valence-corrected chi connectivity index (χ1v) is 7.66. The molecule has 0 saturated heterocycles. The number of anilines is 1. The zero-order valence-corrected chi connectivity index (χ0v) is 14.3. The van der Waals surface area contributed by atoms with E-state index in [-0.39, 0.29) is 6.61 Å². The van der Waals surface area contributed by atoms with Crippen LogP contribution >= 0.6 is 15.9 Å². The van der Waals surface area contributed by atoms with Crippen LogP contribution in [0.15, 0.2) is 46.9 Å². The van der Waals surface area contributed by atoms with E-state index in [1.807, 2.05) is 19.1 Å². The molecule has 0 aliphatic heterocycles. The highest BCUT2D eigenvalue weighted by atomic mass is 79.9. The van der Waals surface area contributed by atoms with Crippen LogP contribution in [0.3, 0.4) is 0 Å². The van der Waals surface area contributed by atoms with E-state index in [0.29, 0.717) is 17.0 Å². The van der Waals surface area contributed by atoms with Crippen molar-refractivity contribution < 1.29 is 19.1 Å². The first kappa shape index (κ1) is 17.0. The molecule has 6 heteroatoms. The monoisotopic (exact) mass is 377 g/mol. The van der Waals surface area contributed by atoms with Crippen LogP contribution < -0.4 is 10.1 Å². The molecule has 0 fully saturated rings. The fraction of sp³-hybridized carbons (Fsp3) is 0.176. The zero-order valence-electron chi connectivity index (χ0n) is 12.8. The number of para-hydroxylation sites is 1. The Morgan fingerprint density at radius 2 is 1.91 bits per heavy atom. The summed E-state index contributed by atoms with van der Waals surface area (Å²) < 4.78 is 10.9. The van der Waals surface area contributed by atoms with E-state index in [9.17, 15) is 9.59 Å². The van der Waals surface area contributed by atoms with Crippen molar-refractivity contribution in [2.24, 2.45) is 0 Å². The maximum absolute atomic E-state index is 12.1. The molecule has 0 aliphatic rings. The Balaban J connectivity index is 1.98. The Labute approximate surface area is 142 Å². The summed E-state index contributed by atoms with van der Waals surface area (Å²) in [6.07, 6.45) is 0. The number of benzene rings is 2. The third-order valence-corrected chi connectivity index (χ3v) is 3.75. The van der Waals surface area contributed by atoms with Crippen LogP contribution in [0.5, 0.6) is 5.75 Å². The number of nitrogens with one attached hydrogen (secondary N) is 1. The molecule has 2 aromatic carbocycles. The van der Waals surface area contributed by atoms with Gasteiger partial charge in [-0.2, -0.15) is 0 Å². The van der Waals surface area contributed by atoms with Crippen LogP contribution in [-0.4, -0.2) is 25.6 Å². The third-order valence-electron chi connectivity index (χ3n) is 3.06. The van der Waals surface area contributed by atoms with Gasteiger partial charge >= 0.3 is 5.97 Å². The second-order valence-corrected chi connectivity index (χ2v) is 5.66. The van der Waals surface area contributed by atoms with Crippen LogP contribution in [0.1, 0.15) is 15.9 Å². The van der Waals surface area contributed by atoms with E-state index in [2.05, 4.69) is 21.2 Å². The largest absolute Gasteiger partial charge is 0.496 e.